The van der Waals surface area contributed by atoms with E-state index in [1.165, 1.54) is 0 Å². The van der Waals surface area contributed by atoms with Crippen LogP contribution in [0.4, 0.5) is 5.82 Å². The van der Waals surface area contributed by atoms with E-state index in [1.54, 1.807) is 0 Å². The van der Waals surface area contributed by atoms with Crippen LogP contribution in [0.25, 0.3) is 11.3 Å². The van der Waals surface area contributed by atoms with E-state index in [-0.39, 0.29) is 25.2 Å². The summed E-state index contributed by atoms with van der Waals surface area (Å²) in [5.41, 5.74) is 3.22. The lowest BCUT2D eigenvalue weighted by atomic mass is 10.1. The van der Waals surface area contributed by atoms with Gasteiger partial charge in [-0.1, -0.05) is 34.6 Å². The summed E-state index contributed by atoms with van der Waals surface area (Å²) in [6.45, 7) is 10.5. The molecule has 7 nitrogen and oxygen atoms in total. The number of aryl methyl sites for hydroxylation is 1. The van der Waals surface area contributed by atoms with Crippen molar-refractivity contribution in [3.05, 3.63) is 23.5 Å². The fourth-order valence-electron chi connectivity index (χ4n) is 2.98. The van der Waals surface area contributed by atoms with E-state index in [1.807, 2.05) is 26.1 Å². The Kier molecular flexibility index (Phi) is 8.64. The van der Waals surface area contributed by atoms with Gasteiger partial charge in [0.1, 0.15) is 12.7 Å². The molecule has 0 aliphatic rings. The van der Waals surface area contributed by atoms with Gasteiger partial charge in [0.25, 0.3) is 5.88 Å². The number of rotatable bonds is 11. The first-order chi connectivity index (χ1) is 14.0. The highest BCUT2D eigenvalue weighted by atomic mass is 16.5. The van der Waals surface area contributed by atoms with Crippen molar-refractivity contribution in [3.8, 4) is 23.0 Å². The molecule has 0 saturated carbocycles. The normalized spacial score (nSPS) is 11.2. The topological polar surface area (TPSA) is 89.4 Å². The highest BCUT2D eigenvalue weighted by Gasteiger charge is 2.21. The summed E-state index contributed by atoms with van der Waals surface area (Å²) in [5, 5.41) is 12.3. The van der Waals surface area contributed by atoms with Gasteiger partial charge in [0.15, 0.2) is 5.82 Å². The SMILES string of the molecule is CCc1nc(OC(CC)CC)c(NC)nc1-c1ccc(C(C)C)nc1OCCO. The summed E-state index contributed by atoms with van der Waals surface area (Å²) in [4.78, 5) is 14.3. The van der Waals surface area contributed by atoms with Crippen LogP contribution in [0, 0.1) is 0 Å². The molecule has 0 fully saturated rings. The van der Waals surface area contributed by atoms with E-state index in [0.717, 1.165) is 29.8 Å². The van der Waals surface area contributed by atoms with Gasteiger partial charge in [-0.25, -0.2) is 15.0 Å². The molecule has 0 bridgehead atoms. The van der Waals surface area contributed by atoms with Crippen LogP contribution in [0.2, 0.25) is 0 Å². The predicted octanol–water partition coefficient (Wildman–Crippen LogP) is 4.20. The number of anilines is 1. The molecule has 0 unspecified atom stereocenters. The minimum absolute atomic E-state index is 0.0801. The van der Waals surface area contributed by atoms with Crippen LogP contribution in [-0.2, 0) is 6.42 Å². The molecule has 2 aromatic heterocycles. The second kappa shape index (κ2) is 11.0. The lowest BCUT2D eigenvalue weighted by Gasteiger charge is -2.20. The number of nitrogens with zero attached hydrogens (tertiary/aromatic N) is 3. The average Bonchev–Trinajstić information content (AvgIpc) is 2.75. The lowest BCUT2D eigenvalue weighted by molar-refractivity contribution is 0.185. The van der Waals surface area contributed by atoms with Crippen LogP contribution >= 0.6 is 0 Å². The van der Waals surface area contributed by atoms with Gasteiger partial charge in [-0.05, 0) is 37.3 Å². The molecule has 2 rings (SSSR count). The smallest absolute Gasteiger partial charge is 0.257 e. The molecule has 0 atom stereocenters. The van der Waals surface area contributed by atoms with Crippen molar-refractivity contribution in [2.75, 3.05) is 25.6 Å². The summed E-state index contributed by atoms with van der Waals surface area (Å²) >= 11 is 0. The van der Waals surface area contributed by atoms with Crippen molar-refractivity contribution in [2.45, 2.75) is 65.9 Å². The highest BCUT2D eigenvalue weighted by molar-refractivity contribution is 5.70. The van der Waals surface area contributed by atoms with Crippen molar-refractivity contribution in [3.63, 3.8) is 0 Å². The van der Waals surface area contributed by atoms with Gasteiger partial charge >= 0.3 is 0 Å². The molecular weight excluding hydrogens is 368 g/mol. The Hall–Kier alpha value is -2.41. The molecule has 2 heterocycles. The van der Waals surface area contributed by atoms with Crippen LogP contribution in [0.5, 0.6) is 11.8 Å². The van der Waals surface area contributed by atoms with Gasteiger partial charge in [0.05, 0.1) is 23.6 Å². The van der Waals surface area contributed by atoms with Crippen molar-refractivity contribution in [2.24, 2.45) is 0 Å². The number of ether oxygens (including phenoxy) is 2. The third-order valence-electron chi connectivity index (χ3n) is 4.76. The molecule has 0 aliphatic heterocycles. The molecule has 0 amide bonds. The summed E-state index contributed by atoms with van der Waals surface area (Å²) in [6, 6.07) is 3.96. The Morgan fingerprint density at radius 3 is 2.31 bits per heavy atom. The number of aliphatic hydroxyl groups excluding tert-OH is 1. The molecule has 0 aliphatic carbocycles. The molecule has 0 radical (unpaired) electrons. The van der Waals surface area contributed by atoms with Gasteiger partial charge < -0.3 is 19.9 Å². The largest absolute Gasteiger partial charge is 0.475 e. The number of hydrogen-bond acceptors (Lipinski definition) is 7. The lowest BCUT2D eigenvalue weighted by Crippen LogP contribution is -2.17. The van der Waals surface area contributed by atoms with E-state index >= 15 is 0 Å². The maximum atomic E-state index is 9.21. The first-order valence-corrected chi connectivity index (χ1v) is 10.5. The van der Waals surface area contributed by atoms with Crippen LogP contribution in [0.3, 0.4) is 0 Å². The number of nitrogens with one attached hydrogen (secondary N) is 1. The summed E-state index contributed by atoms with van der Waals surface area (Å²) in [6.07, 6.45) is 2.60. The van der Waals surface area contributed by atoms with Crippen LogP contribution in [-0.4, -0.2) is 46.4 Å². The van der Waals surface area contributed by atoms with Gasteiger partial charge in [-0.2, -0.15) is 0 Å². The molecule has 0 saturated heterocycles. The van der Waals surface area contributed by atoms with Crippen molar-refractivity contribution in [1.29, 1.82) is 0 Å². The second-order valence-electron chi connectivity index (χ2n) is 7.15. The van der Waals surface area contributed by atoms with Gasteiger partial charge in [-0.15, -0.1) is 0 Å². The monoisotopic (exact) mass is 402 g/mol. The third kappa shape index (κ3) is 5.56. The molecular formula is C22H34N4O3. The fraction of sp³-hybridized carbons (Fsp3) is 0.591. The third-order valence-corrected chi connectivity index (χ3v) is 4.76. The van der Waals surface area contributed by atoms with Gasteiger partial charge in [0.2, 0.25) is 5.88 Å². The minimum atomic E-state index is -0.0801. The second-order valence-corrected chi connectivity index (χ2v) is 7.15. The van der Waals surface area contributed by atoms with Gasteiger partial charge in [0, 0.05) is 12.7 Å². The van der Waals surface area contributed by atoms with Gasteiger partial charge in [-0.3, -0.25) is 0 Å². The Balaban J connectivity index is 2.58. The van der Waals surface area contributed by atoms with E-state index < -0.39 is 0 Å². The number of hydrogen-bond donors (Lipinski definition) is 2. The zero-order chi connectivity index (χ0) is 21.4. The standard InChI is InChI=1S/C22H34N4O3/c1-7-15(8-2)29-22-20(23-6)26-19(17(9-3)24-22)16-10-11-18(14(4)5)25-21(16)28-13-12-27/h10-11,14-15,27H,7-9,12-13H2,1-6H3,(H,23,26). The zero-order valence-corrected chi connectivity index (χ0v) is 18.5. The van der Waals surface area contributed by atoms with Crippen LogP contribution in [0.15, 0.2) is 12.1 Å². The number of pyridine rings is 1. The zero-order valence-electron chi connectivity index (χ0n) is 18.5. The fourth-order valence-corrected chi connectivity index (χ4v) is 2.98. The predicted molar refractivity (Wildman–Crippen MR) is 116 cm³/mol. The Bertz CT molecular complexity index is 792. The van der Waals surface area contributed by atoms with Crippen molar-refractivity contribution in [1.82, 2.24) is 15.0 Å². The Labute approximate surface area is 173 Å². The van der Waals surface area contributed by atoms with E-state index in [0.29, 0.717) is 29.7 Å². The molecule has 160 valence electrons. The number of aromatic nitrogens is 3. The first kappa shape index (κ1) is 22.9. The number of aliphatic hydroxyl groups is 1. The highest BCUT2D eigenvalue weighted by Crippen LogP contribution is 2.34. The molecule has 29 heavy (non-hydrogen) atoms. The maximum Gasteiger partial charge on any atom is 0.257 e. The Morgan fingerprint density at radius 1 is 1.03 bits per heavy atom. The Morgan fingerprint density at radius 2 is 1.76 bits per heavy atom. The van der Waals surface area contributed by atoms with E-state index in [9.17, 15) is 5.11 Å². The summed E-state index contributed by atoms with van der Waals surface area (Å²) < 4.78 is 11.9. The minimum Gasteiger partial charge on any atom is -0.475 e. The average molecular weight is 403 g/mol. The van der Waals surface area contributed by atoms with Crippen LogP contribution < -0.4 is 14.8 Å². The molecule has 0 aromatic carbocycles. The summed E-state index contributed by atoms with van der Waals surface area (Å²) in [7, 11) is 1.81. The van der Waals surface area contributed by atoms with E-state index in [4.69, 9.17) is 19.4 Å². The van der Waals surface area contributed by atoms with Crippen LogP contribution in [0.1, 0.15) is 64.8 Å². The molecule has 0 spiro atoms. The first-order valence-electron chi connectivity index (χ1n) is 10.5. The quantitative estimate of drug-likeness (QED) is 0.582. The molecule has 7 heteroatoms. The van der Waals surface area contributed by atoms with Crippen molar-refractivity contribution < 1.29 is 14.6 Å². The summed E-state index contributed by atoms with van der Waals surface area (Å²) in [5.74, 6) is 1.84. The van der Waals surface area contributed by atoms with Crippen molar-refractivity contribution >= 4 is 5.82 Å². The molecule has 2 N–H and O–H groups in total. The maximum absolute atomic E-state index is 9.21. The molecule has 2 aromatic rings. The van der Waals surface area contributed by atoms with E-state index in [2.05, 4.69) is 38.0 Å².